The molecule has 1 aromatic carbocycles. The standard InChI is InChI=1S/C29H47N3O3/c1-3-11-24-14-7-8-16-27(24)28(35-19-10-18-34-2)25-15-9-17-32(22-25)29(33)31-26(21-30)20-23-12-5-4-6-13-23/h3,7-8,14,16,23,25-26,28H,1,4-6,9-13,15,17-22,30H2,2H3,(H,31,33). The summed E-state index contributed by atoms with van der Waals surface area (Å²) >= 11 is 0. The molecule has 1 aromatic rings. The van der Waals surface area contributed by atoms with E-state index in [0.29, 0.717) is 32.2 Å². The number of likely N-dealkylation sites (tertiary alicyclic amines) is 1. The molecule has 0 spiro atoms. The van der Waals surface area contributed by atoms with Crippen LogP contribution in [0.5, 0.6) is 0 Å². The highest BCUT2D eigenvalue weighted by Crippen LogP contribution is 2.35. The highest BCUT2D eigenvalue weighted by Gasteiger charge is 2.33. The SMILES string of the molecule is C=CCc1ccccc1C(OCCCOC)C1CCCN(C(=O)NC(CN)CC2CCCCC2)C1. The minimum atomic E-state index is -0.0499. The van der Waals surface area contributed by atoms with Gasteiger partial charge in [-0.15, -0.1) is 6.58 Å². The Kier molecular flexibility index (Phi) is 12.1. The van der Waals surface area contributed by atoms with E-state index < -0.39 is 0 Å². The molecule has 3 rings (SSSR count). The van der Waals surface area contributed by atoms with Crippen LogP contribution in [0, 0.1) is 11.8 Å². The molecule has 6 nitrogen and oxygen atoms in total. The number of rotatable bonds is 13. The number of ether oxygens (including phenoxy) is 2. The number of nitrogens with zero attached hydrogens (tertiary/aromatic N) is 1. The Balaban J connectivity index is 1.66. The van der Waals surface area contributed by atoms with Crippen molar-refractivity contribution in [2.24, 2.45) is 17.6 Å². The summed E-state index contributed by atoms with van der Waals surface area (Å²) in [6.07, 6.45) is 13.1. The van der Waals surface area contributed by atoms with Crippen molar-refractivity contribution in [3.63, 3.8) is 0 Å². The minimum Gasteiger partial charge on any atom is -0.385 e. The average Bonchev–Trinajstić information content (AvgIpc) is 2.90. The monoisotopic (exact) mass is 485 g/mol. The minimum absolute atomic E-state index is 0.0264. The molecular weight excluding hydrogens is 438 g/mol. The number of carbonyl (C=O) groups is 1. The second kappa shape index (κ2) is 15.3. The molecule has 0 radical (unpaired) electrons. The first-order valence-electron chi connectivity index (χ1n) is 13.7. The van der Waals surface area contributed by atoms with Crippen molar-refractivity contribution < 1.29 is 14.3 Å². The Hall–Kier alpha value is -1.89. The van der Waals surface area contributed by atoms with Gasteiger partial charge in [-0.1, -0.05) is 62.4 Å². The first-order chi connectivity index (χ1) is 17.2. The summed E-state index contributed by atoms with van der Waals surface area (Å²) < 4.78 is 11.7. The maximum absolute atomic E-state index is 13.3. The van der Waals surface area contributed by atoms with Gasteiger partial charge in [-0.25, -0.2) is 4.79 Å². The molecule has 0 aromatic heterocycles. The predicted molar refractivity (Wildman–Crippen MR) is 142 cm³/mol. The van der Waals surface area contributed by atoms with Crippen LogP contribution >= 0.6 is 0 Å². The fraction of sp³-hybridized carbons (Fsp3) is 0.690. The third-order valence-electron chi connectivity index (χ3n) is 7.64. The van der Waals surface area contributed by atoms with Crippen molar-refractivity contribution in [3.8, 4) is 0 Å². The number of hydrogen-bond donors (Lipinski definition) is 2. The van der Waals surface area contributed by atoms with E-state index in [4.69, 9.17) is 15.2 Å². The quantitative estimate of drug-likeness (QED) is 0.296. The molecule has 1 aliphatic carbocycles. The van der Waals surface area contributed by atoms with E-state index >= 15 is 0 Å². The summed E-state index contributed by atoms with van der Waals surface area (Å²) in [6.45, 7) is 7.24. The zero-order valence-corrected chi connectivity index (χ0v) is 21.8. The summed E-state index contributed by atoms with van der Waals surface area (Å²) in [4.78, 5) is 15.3. The van der Waals surface area contributed by atoms with Crippen molar-refractivity contribution in [2.45, 2.75) is 76.4 Å². The highest BCUT2D eigenvalue weighted by atomic mass is 16.5. The van der Waals surface area contributed by atoms with Gasteiger partial charge in [0.05, 0.1) is 6.10 Å². The summed E-state index contributed by atoms with van der Waals surface area (Å²) in [6, 6.07) is 8.57. The molecule has 2 aliphatic rings. The number of nitrogens with one attached hydrogen (secondary N) is 1. The lowest BCUT2D eigenvalue weighted by Gasteiger charge is -2.38. The van der Waals surface area contributed by atoms with Crippen LogP contribution in [0.4, 0.5) is 4.79 Å². The molecule has 1 heterocycles. The van der Waals surface area contributed by atoms with Gasteiger partial charge in [-0.05, 0) is 49.1 Å². The van der Waals surface area contributed by atoms with Crippen molar-refractivity contribution in [3.05, 3.63) is 48.0 Å². The molecule has 3 atom stereocenters. The van der Waals surface area contributed by atoms with Crippen molar-refractivity contribution in [2.75, 3.05) is 40.0 Å². The molecule has 0 bridgehead atoms. The largest absolute Gasteiger partial charge is 0.385 e. The Bertz CT molecular complexity index is 765. The number of nitrogens with two attached hydrogens (primary N) is 1. The number of piperidine rings is 1. The topological polar surface area (TPSA) is 76.8 Å². The van der Waals surface area contributed by atoms with E-state index in [-0.39, 0.29) is 24.1 Å². The van der Waals surface area contributed by atoms with Crippen LogP contribution in [0.1, 0.15) is 75.0 Å². The van der Waals surface area contributed by atoms with Gasteiger partial charge < -0.3 is 25.4 Å². The van der Waals surface area contributed by atoms with Crippen molar-refractivity contribution in [1.82, 2.24) is 10.2 Å². The van der Waals surface area contributed by atoms with Crippen LogP contribution in [0.2, 0.25) is 0 Å². The molecule has 2 amide bonds. The predicted octanol–water partition coefficient (Wildman–Crippen LogP) is 5.23. The maximum atomic E-state index is 13.3. The first kappa shape index (κ1) is 27.7. The van der Waals surface area contributed by atoms with Gasteiger partial charge in [0.2, 0.25) is 0 Å². The second-order valence-electron chi connectivity index (χ2n) is 10.3. The lowest BCUT2D eigenvalue weighted by atomic mass is 9.84. The molecule has 196 valence electrons. The smallest absolute Gasteiger partial charge is 0.317 e. The first-order valence-corrected chi connectivity index (χ1v) is 13.7. The zero-order chi connectivity index (χ0) is 24.9. The van der Waals surface area contributed by atoms with Crippen molar-refractivity contribution >= 4 is 6.03 Å². The molecule has 2 fully saturated rings. The summed E-state index contributed by atoms with van der Waals surface area (Å²) in [5.74, 6) is 0.940. The molecular formula is C29H47N3O3. The molecule has 6 heteroatoms. The lowest BCUT2D eigenvalue weighted by Crippen LogP contribution is -2.51. The Morgan fingerprint density at radius 1 is 1.20 bits per heavy atom. The maximum Gasteiger partial charge on any atom is 0.317 e. The number of carbonyl (C=O) groups excluding carboxylic acids is 1. The van der Waals surface area contributed by atoms with Gasteiger partial charge in [0.25, 0.3) is 0 Å². The third kappa shape index (κ3) is 8.62. The van der Waals surface area contributed by atoms with Gasteiger partial charge in [0.15, 0.2) is 0 Å². The fourth-order valence-electron chi connectivity index (χ4n) is 5.79. The molecule has 1 saturated heterocycles. The van der Waals surface area contributed by atoms with E-state index in [1.165, 1.54) is 43.2 Å². The normalized spacial score (nSPS) is 20.9. The highest BCUT2D eigenvalue weighted by molar-refractivity contribution is 5.74. The van der Waals surface area contributed by atoms with Gasteiger partial charge >= 0.3 is 6.03 Å². The summed E-state index contributed by atoms with van der Waals surface area (Å²) in [7, 11) is 1.72. The summed E-state index contributed by atoms with van der Waals surface area (Å²) in [5, 5.41) is 3.27. The van der Waals surface area contributed by atoms with E-state index in [0.717, 1.165) is 38.6 Å². The van der Waals surface area contributed by atoms with E-state index in [1.54, 1.807) is 7.11 Å². The van der Waals surface area contributed by atoms with Crippen LogP contribution in [-0.4, -0.2) is 56.9 Å². The van der Waals surface area contributed by atoms with E-state index in [9.17, 15) is 4.79 Å². The lowest BCUT2D eigenvalue weighted by molar-refractivity contribution is -0.0171. The van der Waals surface area contributed by atoms with Crippen LogP contribution in [0.15, 0.2) is 36.9 Å². The molecule has 3 N–H and O–H groups in total. The Morgan fingerprint density at radius 3 is 2.74 bits per heavy atom. The Morgan fingerprint density at radius 2 is 2.00 bits per heavy atom. The Labute approximate surface area is 212 Å². The van der Waals surface area contributed by atoms with Crippen LogP contribution in [-0.2, 0) is 15.9 Å². The fourth-order valence-corrected chi connectivity index (χ4v) is 5.79. The zero-order valence-electron chi connectivity index (χ0n) is 21.8. The number of allylic oxidation sites excluding steroid dienone is 1. The molecule has 3 unspecified atom stereocenters. The number of amides is 2. The van der Waals surface area contributed by atoms with Crippen molar-refractivity contribution in [1.29, 1.82) is 0 Å². The van der Waals surface area contributed by atoms with Gasteiger partial charge in [0, 0.05) is 51.9 Å². The number of methoxy groups -OCH3 is 1. The average molecular weight is 486 g/mol. The second-order valence-corrected chi connectivity index (χ2v) is 10.3. The number of hydrogen-bond acceptors (Lipinski definition) is 4. The van der Waals surface area contributed by atoms with E-state index in [2.05, 4.69) is 36.2 Å². The molecule has 1 aliphatic heterocycles. The molecule has 35 heavy (non-hydrogen) atoms. The van der Waals surface area contributed by atoms with E-state index in [1.807, 2.05) is 11.0 Å². The summed E-state index contributed by atoms with van der Waals surface area (Å²) in [5.41, 5.74) is 8.54. The van der Waals surface area contributed by atoms with Crippen LogP contribution in [0.25, 0.3) is 0 Å². The third-order valence-corrected chi connectivity index (χ3v) is 7.64. The van der Waals surface area contributed by atoms with Gasteiger partial charge in [-0.3, -0.25) is 0 Å². The van der Waals surface area contributed by atoms with Gasteiger partial charge in [0.1, 0.15) is 0 Å². The molecule has 1 saturated carbocycles. The van der Waals surface area contributed by atoms with Gasteiger partial charge in [-0.2, -0.15) is 0 Å². The number of benzene rings is 1. The van der Waals surface area contributed by atoms with Crippen LogP contribution < -0.4 is 11.1 Å². The van der Waals surface area contributed by atoms with Crippen LogP contribution in [0.3, 0.4) is 0 Å². The number of urea groups is 1.